The van der Waals surface area contributed by atoms with Crippen molar-refractivity contribution in [2.24, 2.45) is 4.99 Å². The number of amides is 2. The molecule has 2 aliphatic rings. The summed E-state index contributed by atoms with van der Waals surface area (Å²) in [6.45, 7) is 2.53. The second-order valence-corrected chi connectivity index (χ2v) is 9.58. The summed E-state index contributed by atoms with van der Waals surface area (Å²) in [7, 11) is 0. The number of likely N-dealkylation sites (tertiary alicyclic amines) is 1. The van der Waals surface area contributed by atoms with E-state index in [1.54, 1.807) is 0 Å². The molecule has 0 aliphatic carbocycles. The molecule has 8 nitrogen and oxygen atoms in total. The summed E-state index contributed by atoms with van der Waals surface area (Å²) in [4.78, 5) is 35.2. The second kappa shape index (κ2) is 12.0. The monoisotopic (exact) mass is 512 g/mol. The van der Waals surface area contributed by atoms with Crippen LogP contribution < -0.4 is 10.2 Å². The molecule has 8 heteroatoms. The molecule has 196 valence electrons. The third-order valence-electron chi connectivity index (χ3n) is 6.78. The van der Waals surface area contributed by atoms with E-state index in [1.807, 2.05) is 84.9 Å². The first-order valence-corrected chi connectivity index (χ1v) is 13.0. The quantitative estimate of drug-likeness (QED) is 0.481. The number of nitrogens with zero attached hydrogens (tertiary/aromatic N) is 3. The fourth-order valence-corrected chi connectivity index (χ4v) is 4.95. The van der Waals surface area contributed by atoms with Gasteiger partial charge in [0.25, 0.3) is 5.91 Å². The topological polar surface area (TPSA) is 94.5 Å². The number of carbonyl (C=O) groups is 2. The molecule has 38 heavy (non-hydrogen) atoms. The van der Waals surface area contributed by atoms with Gasteiger partial charge in [0, 0.05) is 17.7 Å². The van der Waals surface area contributed by atoms with Crippen molar-refractivity contribution in [3.8, 4) is 0 Å². The molecule has 2 heterocycles. The predicted molar refractivity (Wildman–Crippen MR) is 146 cm³/mol. The third-order valence-corrected chi connectivity index (χ3v) is 6.78. The summed E-state index contributed by atoms with van der Waals surface area (Å²) in [6, 6.07) is 26.4. The van der Waals surface area contributed by atoms with Gasteiger partial charge in [0.2, 0.25) is 6.17 Å². The zero-order valence-electron chi connectivity index (χ0n) is 21.2. The Labute approximate surface area is 222 Å². The van der Waals surface area contributed by atoms with Gasteiger partial charge in [-0.05, 0) is 37.6 Å². The zero-order chi connectivity index (χ0) is 26.3. The Morgan fingerprint density at radius 2 is 1.61 bits per heavy atom. The standard InChI is InChI=1S/C30H32N4O4/c35-24(19-33-17-9-10-18-33)20-34-26-16-8-7-15-25(26)27(23-13-5-2-6-14-23)31-28(29(34)36)32-30(37)38-21-22-11-3-1-4-12-22/h1-8,11-16,24,28,35H,9-10,17-21H2,(H,32,37). The van der Waals surface area contributed by atoms with Crippen LogP contribution in [0.15, 0.2) is 89.9 Å². The number of fused-ring (bicyclic) bond motifs is 1. The molecule has 2 unspecified atom stereocenters. The van der Waals surface area contributed by atoms with Gasteiger partial charge in [0.1, 0.15) is 6.61 Å². The van der Waals surface area contributed by atoms with Gasteiger partial charge in [0.15, 0.2) is 0 Å². The first-order chi connectivity index (χ1) is 18.6. The predicted octanol–water partition coefficient (Wildman–Crippen LogP) is 3.58. The minimum atomic E-state index is -1.22. The highest BCUT2D eigenvalue weighted by Gasteiger charge is 2.34. The van der Waals surface area contributed by atoms with Crippen LogP contribution in [0.4, 0.5) is 10.5 Å². The van der Waals surface area contributed by atoms with Gasteiger partial charge in [-0.15, -0.1) is 0 Å². The fourth-order valence-electron chi connectivity index (χ4n) is 4.95. The molecule has 5 rings (SSSR count). The lowest BCUT2D eigenvalue weighted by Crippen LogP contribution is -2.50. The number of carbonyl (C=O) groups excluding carboxylic acids is 2. The van der Waals surface area contributed by atoms with Crippen LogP contribution in [0.25, 0.3) is 0 Å². The van der Waals surface area contributed by atoms with Gasteiger partial charge in [-0.3, -0.25) is 10.1 Å². The number of aliphatic hydroxyl groups is 1. The molecule has 3 aromatic rings. The number of nitrogens with one attached hydrogen (secondary N) is 1. The largest absolute Gasteiger partial charge is 0.445 e. The molecular weight excluding hydrogens is 480 g/mol. The molecule has 2 aliphatic heterocycles. The first-order valence-electron chi connectivity index (χ1n) is 13.0. The van der Waals surface area contributed by atoms with Crippen molar-refractivity contribution in [3.63, 3.8) is 0 Å². The van der Waals surface area contributed by atoms with Gasteiger partial charge in [0.05, 0.1) is 24.0 Å². The normalized spacial score (nSPS) is 18.3. The zero-order valence-corrected chi connectivity index (χ0v) is 21.2. The minimum absolute atomic E-state index is 0.0708. The van der Waals surface area contributed by atoms with Gasteiger partial charge in [-0.25, -0.2) is 9.79 Å². The van der Waals surface area contributed by atoms with Crippen LogP contribution in [0.3, 0.4) is 0 Å². The minimum Gasteiger partial charge on any atom is -0.445 e. The molecule has 0 spiro atoms. The number of aliphatic imine (C=N–C) groups is 1. The molecule has 2 N–H and O–H groups in total. The number of ether oxygens (including phenoxy) is 1. The van der Waals surface area contributed by atoms with E-state index in [-0.39, 0.29) is 13.2 Å². The molecule has 0 aromatic heterocycles. The molecule has 1 saturated heterocycles. The Balaban J connectivity index is 1.44. The van der Waals surface area contributed by atoms with E-state index in [4.69, 9.17) is 9.73 Å². The summed E-state index contributed by atoms with van der Waals surface area (Å²) in [5.41, 5.74) is 3.63. The van der Waals surface area contributed by atoms with Crippen LogP contribution in [-0.2, 0) is 16.1 Å². The SMILES string of the molecule is O=C(NC1N=C(c2ccccc2)c2ccccc2N(CC(O)CN2CCCC2)C1=O)OCc1ccccc1. The number of hydrogen-bond donors (Lipinski definition) is 2. The van der Waals surface area contributed by atoms with E-state index in [9.17, 15) is 14.7 Å². The van der Waals surface area contributed by atoms with Gasteiger partial charge in [-0.2, -0.15) is 0 Å². The van der Waals surface area contributed by atoms with Crippen LogP contribution in [0.1, 0.15) is 29.5 Å². The van der Waals surface area contributed by atoms with E-state index in [0.717, 1.165) is 42.6 Å². The molecule has 1 fully saturated rings. The van der Waals surface area contributed by atoms with Crippen molar-refractivity contribution in [2.75, 3.05) is 31.1 Å². The summed E-state index contributed by atoms with van der Waals surface area (Å²) < 4.78 is 5.40. The Morgan fingerprint density at radius 3 is 2.34 bits per heavy atom. The molecule has 2 atom stereocenters. The van der Waals surface area contributed by atoms with Crippen molar-refractivity contribution in [1.29, 1.82) is 0 Å². The number of β-amino-alcohol motifs (C(OH)–C–C–N with tert-alkyl or cyclic N) is 1. The van der Waals surface area contributed by atoms with Crippen LogP contribution in [0.2, 0.25) is 0 Å². The van der Waals surface area contributed by atoms with E-state index in [2.05, 4.69) is 10.2 Å². The van der Waals surface area contributed by atoms with E-state index in [1.165, 1.54) is 4.90 Å². The lowest BCUT2D eigenvalue weighted by atomic mass is 10.00. The van der Waals surface area contributed by atoms with Crippen LogP contribution >= 0.6 is 0 Å². The summed E-state index contributed by atoms with van der Waals surface area (Å²) >= 11 is 0. The van der Waals surface area contributed by atoms with Crippen LogP contribution in [0, 0.1) is 0 Å². The lowest BCUT2D eigenvalue weighted by Gasteiger charge is -2.29. The number of hydrogen-bond acceptors (Lipinski definition) is 6. The first kappa shape index (κ1) is 25.6. The van der Waals surface area contributed by atoms with Gasteiger partial charge < -0.3 is 19.6 Å². The van der Waals surface area contributed by atoms with Crippen molar-refractivity contribution >= 4 is 23.4 Å². The van der Waals surface area contributed by atoms with Crippen LogP contribution in [0.5, 0.6) is 0 Å². The highest BCUT2D eigenvalue weighted by molar-refractivity contribution is 6.20. The summed E-state index contributed by atoms with van der Waals surface area (Å²) in [6.07, 6.45) is -0.492. The maximum Gasteiger partial charge on any atom is 0.409 e. The molecule has 2 amide bonds. The smallest absolute Gasteiger partial charge is 0.409 e. The molecule has 0 saturated carbocycles. The second-order valence-electron chi connectivity index (χ2n) is 9.58. The van der Waals surface area contributed by atoms with Crippen molar-refractivity contribution in [1.82, 2.24) is 10.2 Å². The van der Waals surface area contributed by atoms with Crippen molar-refractivity contribution < 1.29 is 19.4 Å². The van der Waals surface area contributed by atoms with Crippen molar-refractivity contribution in [2.45, 2.75) is 31.7 Å². The number of alkyl carbamates (subject to hydrolysis) is 1. The number of rotatable bonds is 8. The number of anilines is 1. The average Bonchev–Trinajstić information content (AvgIpc) is 3.43. The number of benzene rings is 3. The van der Waals surface area contributed by atoms with E-state index in [0.29, 0.717) is 17.9 Å². The fraction of sp³-hybridized carbons (Fsp3) is 0.300. The Morgan fingerprint density at radius 1 is 0.947 bits per heavy atom. The summed E-state index contributed by atoms with van der Waals surface area (Å²) in [5.74, 6) is -0.430. The molecule has 0 radical (unpaired) electrons. The average molecular weight is 513 g/mol. The lowest BCUT2D eigenvalue weighted by molar-refractivity contribution is -0.120. The van der Waals surface area contributed by atoms with E-state index >= 15 is 0 Å². The summed E-state index contributed by atoms with van der Waals surface area (Å²) in [5, 5.41) is 13.6. The van der Waals surface area contributed by atoms with E-state index < -0.39 is 24.3 Å². The maximum absolute atomic E-state index is 13.9. The maximum atomic E-state index is 13.9. The number of para-hydroxylation sites is 1. The van der Waals surface area contributed by atoms with Crippen molar-refractivity contribution in [3.05, 3.63) is 102 Å². The Bertz CT molecular complexity index is 1280. The molecule has 3 aromatic carbocycles. The molecular formula is C30H32N4O4. The molecule has 0 bridgehead atoms. The third kappa shape index (κ3) is 6.10. The van der Waals surface area contributed by atoms with Gasteiger partial charge in [-0.1, -0.05) is 78.9 Å². The van der Waals surface area contributed by atoms with Crippen LogP contribution in [-0.4, -0.2) is 66.2 Å². The Hall–Kier alpha value is -4.01. The number of aliphatic hydroxyl groups excluding tert-OH is 1. The number of benzodiazepines with no additional fused rings is 1. The Kier molecular flexibility index (Phi) is 8.11. The highest BCUT2D eigenvalue weighted by atomic mass is 16.5. The highest BCUT2D eigenvalue weighted by Crippen LogP contribution is 2.28. The van der Waals surface area contributed by atoms with Gasteiger partial charge >= 0.3 is 6.09 Å².